The number of hydrogen-bond acceptors (Lipinski definition) is 2. The average Bonchev–Trinajstić information content (AvgIpc) is 2.25. The molecule has 0 heterocycles. The summed E-state index contributed by atoms with van der Waals surface area (Å²) in [6, 6.07) is 7.31. The summed E-state index contributed by atoms with van der Waals surface area (Å²) in [7, 11) is 0. The number of hydrogen-bond donors (Lipinski definition) is 1. The van der Waals surface area contributed by atoms with Crippen molar-refractivity contribution < 1.29 is 0 Å². The Morgan fingerprint density at radius 3 is 2.21 bits per heavy atom. The van der Waals surface area contributed by atoms with Crippen molar-refractivity contribution in [1.82, 2.24) is 0 Å². The quantitative estimate of drug-likeness (QED) is 0.848. The topological polar surface area (TPSA) is 29.3 Å². The fourth-order valence-corrected chi connectivity index (χ4v) is 2.92. The minimum absolute atomic E-state index is 0.203. The van der Waals surface area contributed by atoms with Gasteiger partial charge in [-0.2, -0.15) is 0 Å². The standard InChI is InChI=1S/C16H27BrN2/c1-11(2)10-19(12(3)4)16-7-6-14(8-13(5)18)9-15(16)17/h6-7,9,11-13H,8,10,18H2,1-5H3. The number of anilines is 1. The van der Waals surface area contributed by atoms with Crippen LogP contribution in [0.4, 0.5) is 5.69 Å². The second kappa shape index (κ2) is 7.30. The molecule has 1 aromatic carbocycles. The van der Waals surface area contributed by atoms with Crippen LogP contribution in [0.1, 0.15) is 40.2 Å². The van der Waals surface area contributed by atoms with Crippen LogP contribution >= 0.6 is 15.9 Å². The maximum absolute atomic E-state index is 5.86. The van der Waals surface area contributed by atoms with Crippen molar-refractivity contribution in [3.05, 3.63) is 28.2 Å². The Labute approximate surface area is 126 Å². The third kappa shape index (κ3) is 5.15. The van der Waals surface area contributed by atoms with Crippen molar-refractivity contribution in [2.45, 2.75) is 53.1 Å². The highest BCUT2D eigenvalue weighted by Crippen LogP contribution is 2.29. The minimum atomic E-state index is 0.203. The van der Waals surface area contributed by atoms with Crippen LogP contribution in [0.25, 0.3) is 0 Å². The van der Waals surface area contributed by atoms with Gasteiger partial charge in [-0.05, 0) is 66.7 Å². The van der Waals surface area contributed by atoms with E-state index in [1.807, 2.05) is 6.92 Å². The first-order chi connectivity index (χ1) is 8.81. The fraction of sp³-hybridized carbons (Fsp3) is 0.625. The number of benzene rings is 1. The first-order valence-electron chi connectivity index (χ1n) is 7.12. The van der Waals surface area contributed by atoms with Gasteiger partial charge in [0.15, 0.2) is 0 Å². The summed E-state index contributed by atoms with van der Waals surface area (Å²) >= 11 is 3.71. The molecule has 1 aromatic rings. The van der Waals surface area contributed by atoms with E-state index in [2.05, 4.69) is 66.7 Å². The molecule has 2 N–H and O–H groups in total. The van der Waals surface area contributed by atoms with E-state index in [1.54, 1.807) is 0 Å². The molecule has 0 aliphatic rings. The van der Waals surface area contributed by atoms with Gasteiger partial charge in [0.2, 0.25) is 0 Å². The molecule has 0 amide bonds. The minimum Gasteiger partial charge on any atom is -0.368 e. The maximum Gasteiger partial charge on any atom is 0.0513 e. The molecular formula is C16H27BrN2. The summed E-state index contributed by atoms with van der Waals surface area (Å²) in [5, 5.41) is 0. The van der Waals surface area contributed by atoms with Crippen molar-refractivity contribution in [2.75, 3.05) is 11.4 Å². The molecule has 0 aliphatic carbocycles. The van der Waals surface area contributed by atoms with Crippen molar-refractivity contribution in [2.24, 2.45) is 11.7 Å². The van der Waals surface area contributed by atoms with Gasteiger partial charge in [-0.3, -0.25) is 0 Å². The van der Waals surface area contributed by atoms with Gasteiger partial charge in [-0.25, -0.2) is 0 Å². The van der Waals surface area contributed by atoms with Crippen LogP contribution < -0.4 is 10.6 Å². The predicted octanol–water partition coefficient (Wildman–Crippen LogP) is 4.21. The van der Waals surface area contributed by atoms with E-state index < -0.39 is 0 Å². The predicted molar refractivity (Wildman–Crippen MR) is 88.8 cm³/mol. The summed E-state index contributed by atoms with van der Waals surface area (Å²) in [5.74, 6) is 0.651. The highest BCUT2D eigenvalue weighted by Gasteiger charge is 2.15. The first-order valence-corrected chi connectivity index (χ1v) is 7.91. The number of nitrogens with zero attached hydrogens (tertiary/aromatic N) is 1. The SMILES string of the molecule is CC(C)CN(c1ccc(CC(C)N)cc1Br)C(C)C. The van der Waals surface area contributed by atoms with Crippen molar-refractivity contribution >= 4 is 21.6 Å². The summed E-state index contributed by atoms with van der Waals surface area (Å²) in [4.78, 5) is 2.45. The van der Waals surface area contributed by atoms with Gasteiger partial charge in [-0.15, -0.1) is 0 Å². The monoisotopic (exact) mass is 326 g/mol. The largest absolute Gasteiger partial charge is 0.368 e. The second-order valence-electron chi connectivity index (χ2n) is 6.11. The van der Waals surface area contributed by atoms with Crippen molar-refractivity contribution in [3.8, 4) is 0 Å². The van der Waals surface area contributed by atoms with E-state index in [0.717, 1.165) is 13.0 Å². The highest BCUT2D eigenvalue weighted by atomic mass is 79.9. The van der Waals surface area contributed by atoms with E-state index in [1.165, 1.54) is 15.7 Å². The molecule has 0 saturated carbocycles. The molecule has 0 radical (unpaired) electrons. The van der Waals surface area contributed by atoms with Gasteiger partial charge in [-0.1, -0.05) is 19.9 Å². The Balaban J connectivity index is 2.98. The van der Waals surface area contributed by atoms with Gasteiger partial charge in [0.25, 0.3) is 0 Å². The zero-order valence-electron chi connectivity index (χ0n) is 12.8. The molecule has 1 unspecified atom stereocenters. The second-order valence-corrected chi connectivity index (χ2v) is 6.96. The lowest BCUT2D eigenvalue weighted by atomic mass is 10.1. The van der Waals surface area contributed by atoms with Gasteiger partial charge >= 0.3 is 0 Å². The summed E-state index contributed by atoms with van der Waals surface area (Å²) in [5.41, 5.74) is 8.43. The van der Waals surface area contributed by atoms with E-state index in [-0.39, 0.29) is 6.04 Å². The van der Waals surface area contributed by atoms with Crippen LogP contribution in [-0.2, 0) is 6.42 Å². The Morgan fingerprint density at radius 1 is 1.16 bits per heavy atom. The third-order valence-electron chi connectivity index (χ3n) is 3.06. The van der Waals surface area contributed by atoms with Gasteiger partial charge in [0.1, 0.15) is 0 Å². The van der Waals surface area contributed by atoms with Gasteiger partial charge in [0.05, 0.1) is 5.69 Å². The molecule has 0 spiro atoms. The molecule has 0 aliphatic heterocycles. The van der Waals surface area contributed by atoms with Crippen LogP contribution in [-0.4, -0.2) is 18.6 Å². The summed E-state index contributed by atoms with van der Waals surface area (Å²) in [6.07, 6.45) is 0.921. The van der Waals surface area contributed by atoms with Gasteiger partial charge in [0, 0.05) is 23.1 Å². The molecule has 2 nitrogen and oxygen atoms in total. The smallest absolute Gasteiger partial charge is 0.0513 e. The van der Waals surface area contributed by atoms with Crippen LogP contribution in [0, 0.1) is 5.92 Å². The molecule has 19 heavy (non-hydrogen) atoms. The molecule has 1 rings (SSSR count). The molecule has 108 valence electrons. The Kier molecular flexibility index (Phi) is 6.34. The van der Waals surface area contributed by atoms with Crippen molar-refractivity contribution in [3.63, 3.8) is 0 Å². The van der Waals surface area contributed by atoms with Crippen LogP contribution in [0.5, 0.6) is 0 Å². The van der Waals surface area contributed by atoms with Crippen LogP contribution in [0.15, 0.2) is 22.7 Å². The normalized spacial score (nSPS) is 13.1. The zero-order valence-corrected chi connectivity index (χ0v) is 14.4. The van der Waals surface area contributed by atoms with Gasteiger partial charge < -0.3 is 10.6 Å². The van der Waals surface area contributed by atoms with Crippen molar-refractivity contribution in [1.29, 1.82) is 0 Å². The number of halogens is 1. The van der Waals surface area contributed by atoms with E-state index in [0.29, 0.717) is 12.0 Å². The lowest BCUT2D eigenvalue weighted by Gasteiger charge is -2.32. The summed E-state index contributed by atoms with van der Waals surface area (Å²) < 4.78 is 1.17. The number of nitrogens with two attached hydrogens (primary N) is 1. The maximum atomic E-state index is 5.86. The zero-order chi connectivity index (χ0) is 14.6. The van der Waals surface area contributed by atoms with E-state index >= 15 is 0 Å². The van der Waals surface area contributed by atoms with E-state index in [4.69, 9.17) is 5.73 Å². The van der Waals surface area contributed by atoms with Crippen LogP contribution in [0.2, 0.25) is 0 Å². The first kappa shape index (κ1) is 16.5. The highest BCUT2D eigenvalue weighted by molar-refractivity contribution is 9.10. The molecule has 0 fully saturated rings. The molecule has 1 atom stereocenters. The molecule has 0 bridgehead atoms. The molecule has 0 saturated heterocycles. The Bertz CT molecular complexity index is 400. The number of rotatable bonds is 6. The Morgan fingerprint density at radius 2 is 1.79 bits per heavy atom. The molecule has 3 heteroatoms. The lowest BCUT2D eigenvalue weighted by molar-refractivity contribution is 0.570. The van der Waals surface area contributed by atoms with E-state index in [9.17, 15) is 0 Å². The van der Waals surface area contributed by atoms with Crippen LogP contribution in [0.3, 0.4) is 0 Å². The third-order valence-corrected chi connectivity index (χ3v) is 3.70. The molecular weight excluding hydrogens is 300 g/mol. The molecule has 0 aromatic heterocycles. The summed E-state index contributed by atoms with van der Waals surface area (Å²) in [6.45, 7) is 12.1. The Hall–Kier alpha value is -0.540. The average molecular weight is 327 g/mol. The fourth-order valence-electron chi connectivity index (χ4n) is 2.26. The lowest BCUT2D eigenvalue weighted by Crippen LogP contribution is -2.34.